The summed E-state index contributed by atoms with van der Waals surface area (Å²) in [5, 5.41) is 6.12. The molecular weight excluding hydrogens is 338 g/mol. The van der Waals surface area contributed by atoms with E-state index in [4.69, 9.17) is 0 Å². The molecule has 6 nitrogen and oxygen atoms in total. The van der Waals surface area contributed by atoms with E-state index in [9.17, 15) is 4.79 Å². The molecule has 1 heterocycles. The van der Waals surface area contributed by atoms with Crippen molar-refractivity contribution in [2.45, 2.75) is 13.8 Å². The third kappa shape index (κ3) is 4.41. The van der Waals surface area contributed by atoms with Gasteiger partial charge in [0.25, 0.3) is 5.91 Å². The van der Waals surface area contributed by atoms with Crippen LogP contribution >= 0.6 is 0 Å². The Morgan fingerprint density at radius 2 is 1.74 bits per heavy atom. The van der Waals surface area contributed by atoms with Crippen LogP contribution in [0.15, 0.2) is 54.9 Å². The van der Waals surface area contributed by atoms with E-state index in [0.29, 0.717) is 11.5 Å². The van der Waals surface area contributed by atoms with Gasteiger partial charge in [-0.1, -0.05) is 12.1 Å². The maximum absolute atomic E-state index is 12.6. The van der Waals surface area contributed by atoms with E-state index >= 15 is 0 Å². The highest BCUT2D eigenvalue weighted by molar-refractivity contribution is 6.03. The third-order valence-electron chi connectivity index (χ3n) is 4.41. The Labute approximate surface area is 159 Å². The van der Waals surface area contributed by atoms with Crippen LogP contribution in [0.2, 0.25) is 0 Å². The molecule has 1 aromatic heterocycles. The molecule has 0 aliphatic carbocycles. The molecular formula is C21H23N5O. The van der Waals surface area contributed by atoms with Gasteiger partial charge >= 0.3 is 0 Å². The van der Waals surface area contributed by atoms with Gasteiger partial charge in [0, 0.05) is 37.2 Å². The predicted molar refractivity (Wildman–Crippen MR) is 110 cm³/mol. The minimum absolute atomic E-state index is 0.267. The van der Waals surface area contributed by atoms with E-state index in [1.54, 1.807) is 6.07 Å². The van der Waals surface area contributed by atoms with Crippen LogP contribution in [0.4, 0.5) is 22.9 Å². The Balaban J connectivity index is 1.74. The summed E-state index contributed by atoms with van der Waals surface area (Å²) in [6.45, 7) is 3.99. The van der Waals surface area contributed by atoms with Crippen molar-refractivity contribution in [3.8, 4) is 0 Å². The van der Waals surface area contributed by atoms with Gasteiger partial charge in [0.2, 0.25) is 0 Å². The first-order chi connectivity index (χ1) is 12.9. The molecule has 0 radical (unpaired) electrons. The molecule has 0 aliphatic heterocycles. The first-order valence-electron chi connectivity index (χ1n) is 8.68. The Kier molecular flexibility index (Phi) is 5.35. The predicted octanol–water partition coefficient (Wildman–Crippen LogP) is 4.16. The number of aromatic nitrogens is 2. The maximum atomic E-state index is 12.6. The highest BCUT2D eigenvalue weighted by atomic mass is 16.1. The van der Waals surface area contributed by atoms with Gasteiger partial charge in [-0.05, 0) is 55.3 Å². The van der Waals surface area contributed by atoms with Gasteiger partial charge in [-0.25, -0.2) is 9.97 Å². The van der Waals surface area contributed by atoms with Crippen molar-refractivity contribution in [3.05, 3.63) is 71.7 Å². The van der Waals surface area contributed by atoms with E-state index in [2.05, 4.69) is 20.6 Å². The minimum atomic E-state index is -0.267. The SMILES string of the molecule is Cc1cccc(NC(=O)c2cc(Nc3ccc(N(C)C)cc3)ncn2)c1C. The van der Waals surface area contributed by atoms with Gasteiger partial charge in [-0.15, -0.1) is 0 Å². The molecule has 3 aromatic rings. The average molecular weight is 361 g/mol. The van der Waals surface area contributed by atoms with Crippen LogP contribution in [-0.2, 0) is 0 Å². The maximum Gasteiger partial charge on any atom is 0.274 e. The molecule has 0 fully saturated rings. The van der Waals surface area contributed by atoms with Crippen molar-refractivity contribution in [3.63, 3.8) is 0 Å². The molecule has 1 amide bonds. The summed E-state index contributed by atoms with van der Waals surface area (Å²) in [5.41, 5.74) is 5.25. The van der Waals surface area contributed by atoms with Crippen LogP contribution in [0.1, 0.15) is 21.6 Å². The van der Waals surface area contributed by atoms with Gasteiger partial charge in [0.15, 0.2) is 0 Å². The molecule has 138 valence electrons. The van der Waals surface area contributed by atoms with E-state index in [1.807, 2.05) is 75.3 Å². The molecule has 6 heteroatoms. The molecule has 2 N–H and O–H groups in total. The Morgan fingerprint density at radius 1 is 1.00 bits per heavy atom. The molecule has 0 spiro atoms. The first-order valence-corrected chi connectivity index (χ1v) is 8.68. The summed E-state index contributed by atoms with van der Waals surface area (Å²) in [6.07, 6.45) is 1.38. The van der Waals surface area contributed by atoms with Crippen molar-refractivity contribution in [1.82, 2.24) is 9.97 Å². The Bertz CT molecular complexity index is 951. The van der Waals surface area contributed by atoms with Crippen LogP contribution in [-0.4, -0.2) is 30.0 Å². The van der Waals surface area contributed by atoms with Gasteiger partial charge in [0.1, 0.15) is 17.8 Å². The summed E-state index contributed by atoms with van der Waals surface area (Å²) >= 11 is 0. The fourth-order valence-corrected chi connectivity index (χ4v) is 2.61. The quantitative estimate of drug-likeness (QED) is 0.714. The van der Waals surface area contributed by atoms with E-state index in [0.717, 1.165) is 28.2 Å². The Morgan fingerprint density at radius 3 is 2.44 bits per heavy atom. The van der Waals surface area contributed by atoms with Crippen LogP contribution in [0.5, 0.6) is 0 Å². The molecule has 0 saturated carbocycles. The lowest BCUT2D eigenvalue weighted by Crippen LogP contribution is -2.15. The van der Waals surface area contributed by atoms with Gasteiger partial charge in [0.05, 0.1) is 0 Å². The molecule has 0 bridgehead atoms. The standard InChI is InChI=1S/C21H23N5O/c1-14-6-5-7-18(15(14)2)25-21(27)19-12-20(23-13-22-19)24-16-8-10-17(11-9-16)26(3)4/h5-13H,1-4H3,(H,25,27)(H,22,23,24). The van der Waals surface area contributed by atoms with Crippen LogP contribution < -0.4 is 15.5 Å². The fraction of sp³-hybridized carbons (Fsp3) is 0.190. The van der Waals surface area contributed by atoms with Gasteiger partial charge in [-0.3, -0.25) is 4.79 Å². The van der Waals surface area contributed by atoms with E-state index < -0.39 is 0 Å². The zero-order valence-corrected chi connectivity index (χ0v) is 15.9. The number of nitrogens with one attached hydrogen (secondary N) is 2. The zero-order chi connectivity index (χ0) is 19.4. The molecule has 3 rings (SSSR count). The second-order valence-corrected chi connectivity index (χ2v) is 6.56. The van der Waals surface area contributed by atoms with Crippen LogP contribution in [0, 0.1) is 13.8 Å². The normalized spacial score (nSPS) is 10.4. The topological polar surface area (TPSA) is 70.2 Å². The zero-order valence-electron chi connectivity index (χ0n) is 15.9. The molecule has 0 aliphatic rings. The third-order valence-corrected chi connectivity index (χ3v) is 4.41. The Hall–Kier alpha value is -3.41. The summed E-state index contributed by atoms with van der Waals surface area (Å²) in [5.74, 6) is 0.297. The number of anilines is 4. The van der Waals surface area contributed by atoms with Gasteiger partial charge < -0.3 is 15.5 Å². The molecule has 0 saturated heterocycles. The summed E-state index contributed by atoms with van der Waals surface area (Å²) in [6, 6.07) is 15.4. The minimum Gasteiger partial charge on any atom is -0.378 e. The highest BCUT2D eigenvalue weighted by Crippen LogP contribution is 2.21. The number of hydrogen-bond donors (Lipinski definition) is 2. The number of aryl methyl sites for hydroxylation is 1. The fourth-order valence-electron chi connectivity index (χ4n) is 2.61. The number of benzene rings is 2. The molecule has 0 unspecified atom stereocenters. The first kappa shape index (κ1) is 18.4. The summed E-state index contributed by atoms with van der Waals surface area (Å²) in [7, 11) is 3.99. The number of nitrogens with zero attached hydrogens (tertiary/aromatic N) is 3. The number of carbonyl (C=O) groups excluding carboxylic acids is 1. The van der Waals surface area contributed by atoms with E-state index in [1.165, 1.54) is 6.33 Å². The van der Waals surface area contributed by atoms with Crippen LogP contribution in [0.25, 0.3) is 0 Å². The average Bonchev–Trinajstić information content (AvgIpc) is 2.66. The lowest BCUT2D eigenvalue weighted by atomic mass is 10.1. The molecule has 2 aromatic carbocycles. The number of hydrogen-bond acceptors (Lipinski definition) is 5. The second kappa shape index (κ2) is 7.86. The smallest absolute Gasteiger partial charge is 0.274 e. The van der Waals surface area contributed by atoms with Gasteiger partial charge in [-0.2, -0.15) is 0 Å². The van der Waals surface area contributed by atoms with Crippen LogP contribution in [0.3, 0.4) is 0 Å². The number of rotatable bonds is 5. The number of amides is 1. The summed E-state index contributed by atoms with van der Waals surface area (Å²) < 4.78 is 0. The van der Waals surface area contributed by atoms with Crippen molar-refractivity contribution < 1.29 is 4.79 Å². The van der Waals surface area contributed by atoms with Crippen molar-refractivity contribution in [1.29, 1.82) is 0 Å². The van der Waals surface area contributed by atoms with E-state index in [-0.39, 0.29) is 5.91 Å². The number of carbonyl (C=O) groups is 1. The monoisotopic (exact) mass is 361 g/mol. The molecule has 0 atom stereocenters. The second-order valence-electron chi connectivity index (χ2n) is 6.56. The summed E-state index contributed by atoms with van der Waals surface area (Å²) in [4.78, 5) is 22.9. The lowest BCUT2D eigenvalue weighted by Gasteiger charge is -2.13. The van der Waals surface area contributed by atoms with Crippen molar-refractivity contribution in [2.24, 2.45) is 0 Å². The highest BCUT2D eigenvalue weighted by Gasteiger charge is 2.11. The largest absolute Gasteiger partial charge is 0.378 e. The van der Waals surface area contributed by atoms with Crippen molar-refractivity contribution in [2.75, 3.05) is 29.6 Å². The molecule has 27 heavy (non-hydrogen) atoms. The lowest BCUT2D eigenvalue weighted by molar-refractivity contribution is 0.102. The van der Waals surface area contributed by atoms with Crippen molar-refractivity contribution >= 4 is 28.8 Å².